The highest BCUT2D eigenvalue weighted by Gasteiger charge is 2.15. The predicted octanol–water partition coefficient (Wildman–Crippen LogP) is 0.157. The molecular weight excluding hydrogens is 412 g/mol. The third kappa shape index (κ3) is 5.04. The number of tetrazole rings is 1. The number of nitrogens with one attached hydrogen (secondary N) is 2. The summed E-state index contributed by atoms with van der Waals surface area (Å²) in [5, 5.41) is 10.8. The first-order chi connectivity index (χ1) is 14.4. The molecule has 0 fully saturated rings. The number of hydrazine groups is 1. The number of amides is 2. The van der Waals surface area contributed by atoms with E-state index in [2.05, 4.69) is 26.4 Å². The third-order valence-corrected chi connectivity index (χ3v) is 5.76. The molecule has 0 unspecified atom stereocenters. The van der Waals surface area contributed by atoms with Gasteiger partial charge in [-0.2, -0.15) is 0 Å². The lowest BCUT2D eigenvalue weighted by Gasteiger charge is -2.09. The molecule has 2 amide bonds. The summed E-state index contributed by atoms with van der Waals surface area (Å²) in [4.78, 5) is 24.5. The molecular formula is C18H18N6O5S. The zero-order valence-corrected chi connectivity index (χ0v) is 16.7. The topological polar surface area (TPSA) is 145 Å². The molecule has 30 heavy (non-hydrogen) atoms. The molecule has 0 radical (unpaired) electrons. The normalized spacial score (nSPS) is 11.1. The number of sulfone groups is 1. The highest BCUT2D eigenvalue weighted by molar-refractivity contribution is 7.91. The van der Waals surface area contributed by atoms with E-state index >= 15 is 0 Å². The summed E-state index contributed by atoms with van der Waals surface area (Å²) >= 11 is 0. The summed E-state index contributed by atoms with van der Waals surface area (Å²) < 4.78 is 30.4. The number of benzene rings is 2. The van der Waals surface area contributed by atoms with Gasteiger partial charge in [0.25, 0.3) is 11.8 Å². The molecule has 0 spiro atoms. The van der Waals surface area contributed by atoms with Gasteiger partial charge in [0.2, 0.25) is 0 Å². The Morgan fingerprint density at radius 2 is 1.53 bits per heavy atom. The SMILES string of the molecule is COCCS(=O)(=O)c1ccc(C(=O)NNC(=O)c2ccc(-n3cnnn3)cc2)cc1. The van der Waals surface area contributed by atoms with Crippen LogP contribution in [0.1, 0.15) is 20.7 Å². The molecule has 2 aromatic carbocycles. The first-order valence-corrected chi connectivity index (χ1v) is 10.3. The molecule has 1 aromatic heterocycles. The molecule has 0 atom stereocenters. The first-order valence-electron chi connectivity index (χ1n) is 8.66. The fraction of sp³-hybridized carbons (Fsp3) is 0.167. The Kier molecular flexibility index (Phi) is 6.49. The van der Waals surface area contributed by atoms with E-state index in [1.165, 1.54) is 42.4 Å². The van der Waals surface area contributed by atoms with Crippen molar-refractivity contribution < 1.29 is 22.7 Å². The lowest BCUT2D eigenvalue weighted by atomic mass is 10.2. The average molecular weight is 430 g/mol. The third-order valence-electron chi connectivity index (χ3n) is 4.06. The van der Waals surface area contributed by atoms with E-state index < -0.39 is 21.7 Å². The Bertz CT molecular complexity index is 1110. The fourth-order valence-corrected chi connectivity index (χ4v) is 3.60. The Hall–Kier alpha value is -3.64. The summed E-state index contributed by atoms with van der Waals surface area (Å²) in [6.45, 7) is 0.0767. The van der Waals surface area contributed by atoms with E-state index in [9.17, 15) is 18.0 Å². The first kappa shape index (κ1) is 21.1. The van der Waals surface area contributed by atoms with Crippen molar-refractivity contribution in [2.45, 2.75) is 4.90 Å². The van der Waals surface area contributed by atoms with Crippen molar-refractivity contribution in [3.63, 3.8) is 0 Å². The zero-order valence-electron chi connectivity index (χ0n) is 15.8. The number of hydrogen-bond acceptors (Lipinski definition) is 8. The van der Waals surface area contributed by atoms with Gasteiger partial charge in [0.1, 0.15) is 6.33 Å². The molecule has 0 bridgehead atoms. The molecule has 3 rings (SSSR count). The van der Waals surface area contributed by atoms with Crippen molar-refractivity contribution in [1.29, 1.82) is 0 Å². The Balaban J connectivity index is 1.58. The van der Waals surface area contributed by atoms with Gasteiger partial charge in [-0.25, -0.2) is 13.1 Å². The van der Waals surface area contributed by atoms with Crippen LogP contribution in [0, 0.1) is 0 Å². The van der Waals surface area contributed by atoms with Crippen LogP contribution in [-0.4, -0.2) is 59.9 Å². The molecule has 3 aromatic rings. The number of rotatable bonds is 7. The molecule has 1 heterocycles. The Morgan fingerprint density at radius 3 is 2.03 bits per heavy atom. The van der Waals surface area contributed by atoms with Gasteiger partial charge < -0.3 is 4.74 Å². The molecule has 11 nitrogen and oxygen atoms in total. The number of hydrogen-bond donors (Lipinski definition) is 2. The second-order valence-corrected chi connectivity index (χ2v) is 8.15. The molecule has 2 N–H and O–H groups in total. The van der Waals surface area contributed by atoms with Crippen LogP contribution in [0.25, 0.3) is 5.69 Å². The van der Waals surface area contributed by atoms with Gasteiger partial charge in [0, 0.05) is 18.2 Å². The highest BCUT2D eigenvalue weighted by Crippen LogP contribution is 2.13. The number of nitrogens with zero attached hydrogens (tertiary/aromatic N) is 4. The minimum Gasteiger partial charge on any atom is -0.384 e. The molecule has 12 heteroatoms. The summed E-state index contributed by atoms with van der Waals surface area (Å²) in [5.74, 6) is -1.27. The molecule has 0 aliphatic carbocycles. The molecule has 0 aliphatic heterocycles. The minimum absolute atomic E-state index is 0.0767. The van der Waals surface area contributed by atoms with E-state index in [-0.39, 0.29) is 22.8 Å². The van der Waals surface area contributed by atoms with E-state index in [0.29, 0.717) is 11.3 Å². The predicted molar refractivity (Wildman–Crippen MR) is 104 cm³/mol. The molecule has 156 valence electrons. The van der Waals surface area contributed by atoms with Crippen molar-refractivity contribution in [1.82, 2.24) is 31.1 Å². The standard InChI is InChI=1S/C18H18N6O5S/c1-29-10-11-30(27,28)16-8-4-14(5-9-16)18(26)21-20-17(25)13-2-6-15(7-3-13)24-12-19-22-23-24/h2-9,12H,10-11H2,1H3,(H,20,25)(H,21,26). The minimum atomic E-state index is -3.49. The summed E-state index contributed by atoms with van der Waals surface area (Å²) in [7, 11) is -2.07. The van der Waals surface area contributed by atoms with Crippen molar-refractivity contribution in [2.75, 3.05) is 19.5 Å². The van der Waals surface area contributed by atoms with Crippen LogP contribution in [0.4, 0.5) is 0 Å². The van der Waals surface area contributed by atoms with Gasteiger partial charge in [-0.05, 0) is 59.0 Å². The number of aromatic nitrogens is 4. The van der Waals surface area contributed by atoms with Gasteiger partial charge in [0.05, 0.1) is 22.9 Å². The van der Waals surface area contributed by atoms with Crippen molar-refractivity contribution in [3.8, 4) is 5.69 Å². The van der Waals surface area contributed by atoms with Crippen LogP contribution in [0.5, 0.6) is 0 Å². The number of carbonyl (C=O) groups excluding carboxylic acids is 2. The Labute approximate surface area is 171 Å². The maximum Gasteiger partial charge on any atom is 0.269 e. The molecule has 0 saturated carbocycles. The molecule has 0 saturated heterocycles. The van der Waals surface area contributed by atoms with Crippen LogP contribution in [-0.2, 0) is 14.6 Å². The summed E-state index contributed by atoms with van der Waals surface area (Å²) in [5.41, 5.74) is 5.76. The largest absolute Gasteiger partial charge is 0.384 e. The number of ether oxygens (including phenoxy) is 1. The van der Waals surface area contributed by atoms with Crippen molar-refractivity contribution in [2.24, 2.45) is 0 Å². The van der Waals surface area contributed by atoms with E-state index in [1.807, 2.05) is 0 Å². The van der Waals surface area contributed by atoms with Crippen LogP contribution in [0.3, 0.4) is 0 Å². The highest BCUT2D eigenvalue weighted by atomic mass is 32.2. The van der Waals surface area contributed by atoms with Gasteiger partial charge in [-0.3, -0.25) is 20.4 Å². The van der Waals surface area contributed by atoms with Gasteiger partial charge in [-0.15, -0.1) is 5.10 Å². The van der Waals surface area contributed by atoms with Gasteiger partial charge >= 0.3 is 0 Å². The van der Waals surface area contributed by atoms with Crippen molar-refractivity contribution >= 4 is 21.7 Å². The Morgan fingerprint density at radius 1 is 0.967 bits per heavy atom. The average Bonchev–Trinajstić information content (AvgIpc) is 3.31. The number of carbonyl (C=O) groups is 2. The number of methoxy groups -OCH3 is 1. The van der Waals surface area contributed by atoms with Gasteiger partial charge in [-0.1, -0.05) is 0 Å². The van der Waals surface area contributed by atoms with E-state index in [1.54, 1.807) is 24.3 Å². The second kappa shape index (κ2) is 9.24. The van der Waals surface area contributed by atoms with E-state index in [4.69, 9.17) is 4.74 Å². The maximum absolute atomic E-state index is 12.2. The lowest BCUT2D eigenvalue weighted by molar-refractivity contribution is 0.0846. The lowest BCUT2D eigenvalue weighted by Crippen LogP contribution is -2.41. The van der Waals surface area contributed by atoms with Crippen LogP contribution in [0.2, 0.25) is 0 Å². The maximum atomic E-state index is 12.2. The van der Waals surface area contributed by atoms with Crippen LogP contribution < -0.4 is 10.9 Å². The smallest absolute Gasteiger partial charge is 0.269 e. The van der Waals surface area contributed by atoms with Crippen molar-refractivity contribution in [3.05, 3.63) is 66.0 Å². The molecule has 0 aliphatic rings. The van der Waals surface area contributed by atoms with E-state index in [0.717, 1.165) is 0 Å². The monoisotopic (exact) mass is 430 g/mol. The second-order valence-electron chi connectivity index (χ2n) is 6.05. The van der Waals surface area contributed by atoms with Gasteiger partial charge in [0.15, 0.2) is 9.84 Å². The van der Waals surface area contributed by atoms with Crippen LogP contribution in [0.15, 0.2) is 59.8 Å². The fourth-order valence-electron chi connectivity index (χ4n) is 2.43. The van der Waals surface area contributed by atoms with Crippen LogP contribution >= 0.6 is 0 Å². The summed E-state index contributed by atoms with van der Waals surface area (Å²) in [6.07, 6.45) is 1.42. The summed E-state index contributed by atoms with van der Waals surface area (Å²) in [6, 6.07) is 11.8. The zero-order chi connectivity index (χ0) is 21.6. The quantitative estimate of drug-likeness (QED) is 0.504.